The van der Waals surface area contributed by atoms with Crippen LogP contribution in [0.25, 0.3) is 0 Å². The first-order valence-electron chi connectivity index (χ1n) is 8.15. The molecule has 1 aromatic rings. The fourth-order valence-corrected chi connectivity index (χ4v) is 3.30. The zero-order chi connectivity index (χ0) is 20.5. The topological polar surface area (TPSA) is 66.4 Å². The molecule has 4 nitrogen and oxygen atoms in total. The van der Waals surface area contributed by atoms with Gasteiger partial charge in [-0.25, -0.2) is 4.39 Å². The van der Waals surface area contributed by atoms with E-state index in [2.05, 4.69) is 5.32 Å². The van der Waals surface area contributed by atoms with E-state index in [1.165, 1.54) is 6.92 Å². The molecular weight excluding hydrogens is 366 g/mol. The number of ketones is 2. The minimum atomic E-state index is -4.91. The Labute approximate surface area is 153 Å². The van der Waals surface area contributed by atoms with Gasteiger partial charge in [0.25, 0.3) is 0 Å². The van der Waals surface area contributed by atoms with E-state index < -0.39 is 35.9 Å². The number of carbonyl (C=O) groups is 2. The number of rotatable bonds is 5. The van der Waals surface area contributed by atoms with Gasteiger partial charge in [-0.15, -0.1) is 0 Å². The van der Waals surface area contributed by atoms with Gasteiger partial charge in [-0.05, 0) is 44.0 Å². The molecule has 0 aromatic heterocycles. The number of nitrogens with one attached hydrogen (secondary N) is 1. The number of aliphatic hydroxyl groups is 1. The molecule has 0 bridgehead atoms. The minimum Gasteiger partial charge on any atom is -0.388 e. The third-order valence-corrected chi connectivity index (χ3v) is 4.41. The molecule has 2 N–H and O–H groups in total. The predicted molar refractivity (Wildman–Crippen MR) is 90.1 cm³/mol. The quantitative estimate of drug-likeness (QED) is 0.760. The lowest BCUT2D eigenvalue weighted by molar-refractivity contribution is -0.140. The van der Waals surface area contributed by atoms with Crippen molar-refractivity contribution < 1.29 is 32.3 Å². The number of benzene rings is 1. The number of halogens is 4. The van der Waals surface area contributed by atoms with Gasteiger partial charge < -0.3 is 10.4 Å². The monoisotopic (exact) mass is 385 g/mol. The third-order valence-electron chi connectivity index (χ3n) is 4.41. The van der Waals surface area contributed by atoms with Crippen molar-refractivity contribution >= 4 is 11.6 Å². The first-order chi connectivity index (χ1) is 12.5. The van der Waals surface area contributed by atoms with Crippen molar-refractivity contribution in [2.75, 3.05) is 6.61 Å². The molecule has 8 heteroatoms. The smallest absolute Gasteiger partial charge is 0.388 e. The van der Waals surface area contributed by atoms with E-state index in [1.54, 1.807) is 13.8 Å². The minimum absolute atomic E-state index is 0.0250. The molecule has 0 fully saturated rings. The molecule has 0 saturated heterocycles. The maximum atomic E-state index is 13.7. The van der Waals surface area contributed by atoms with E-state index in [9.17, 15) is 32.3 Å². The number of carbonyl (C=O) groups excluding carboxylic acids is 2. The summed E-state index contributed by atoms with van der Waals surface area (Å²) >= 11 is 0. The summed E-state index contributed by atoms with van der Waals surface area (Å²) in [5, 5.41) is 12.2. The predicted octanol–water partition coefficient (Wildman–Crippen LogP) is 3.62. The van der Waals surface area contributed by atoms with Gasteiger partial charge in [0, 0.05) is 29.3 Å². The lowest BCUT2D eigenvalue weighted by Gasteiger charge is -2.32. The fourth-order valence-electron chi connectivity index (χ4n) is 3.30. The fraction of sp³-hybridized carbons (Fsp3) is 0.368. The van der Waals surface area contributed by atoms with Gasteiger partial charge in [-0.3, -0.25) is 9.59 Å². The second kappa shape index (κ2) is 7.64. The van der Waals surface area contributed by atoms with Crippen molar-refractivity contribution in [3.05, 3.63) is 57.7 Å². The van der Waals surface area contributed by atoms with Crippen LogP contribution in [0.4, 0.5) is 17.6 Å². The number of hydrogen-bond donors (Lipinski definition) is 2. The van der Waals surface area contributed by atoms with E-state index in [-0.39, 0.29) is 23.3 Å². The first-order valence-corrected chi connectivity index (χ1v) is 8.15. The van der Waals surface area contributed by atoms with Crippen LogP contribution in [0.2, 0.25) is 0 Å². The third kappa shape index (κ3) is 4.27. The highest BCUT2D eigenvalue weighted by atomic mass is 19.4. The number of aliphatic hydroxyl groups excluding tert-OH is 1. The van der Waals surface area contributed by atoms with Gasteiger partial charge in [0.15, 0.2) is 5.78 Å². The summed E-state index contributed by atoms with van der Waals surface area (Å²) in [5.74, 6) is -3.35. The number of alkyl halides is 3. The Morgan fingerprint density at radius 2 is 1.81 bits per heavy atom. The van der Waals surface area contributed by atoms with Gasteiger partial charge in [-0.1, -0.05) is 6.07 Å². The Bertz CT molecular complexity index is 853. The lowest BCUT2D eigenvalue weighted by Crippen LogP contribution is -2.30. The van der Waals surface area contributed by atoms with E-state index in [1.807, 2.05) is 0 Å². The Kier molecular flexibility index (Phi) is 5.89. The summed E-state index contributed by atoms with van der Waals surface area (Å²) in [6, 6.07) is 2.50. The van der Waals surface area contributed by atoms with Crippen molar-refractivity contribution in [3.63, 3.8) is 0 Å². The Morgan fingerprint density at radius 3 is 2.33 bits per heavy atom. The molecule has 0 radical (unpaired) electrons. The SMILES string of the molecule is CC(=O)CC1=C(C)NC(C)=C(C(=O)CO)C1c1ccc(F)c(C(F)(F)F)c1. The van der Waals surface area contributed by atoms with Crippen molar-refractivity contribution in [2.45, 2.75) is 39.3 Å². The highest BCUT2D eigenvalue weighted by Crippen LogP contribution is 2.42. The maximum Gasteiger partial charge on any atom is 0.419 e. The number of hydrogen-bond acceptors (Lipinski definition) is 4. The van der Waals surface area contributed by atoms with Crippen molar-refractivity contribution in [3.8, 4) is 0 Å². The van der Waals surface area contributed by atoms with Crippen LogP contribution in [0.15, 0.2) is 40.7 Å². The molecule has 2 rings (SSSR count). The molecule has 0 spiro atoms. The van der Waals surface area contributed by atoms with Crippen LogP contribution in [0.5, 0.6) is 0 Å². The number of Topliss-reactive ketones (excluding diaryl/α,β-unsaturated/α-hetero) is 2. The van der Waals surface area contributed by atoms with Crippen LogP contribution in [0, 0.1) is 5.82 Å². The van der Waals surface area contributed by atoms with E-state index in [0.29, 0.717) is 29.1 Å². The van der Waals surface area contributed by atoms with Gasteiger partial charge in [-0.2, -0.15) is 13.2 Å². The second-order valence-electron chi connectivity index (χ2n) is 6.44. The molecule has 27 heavy (non-hydrogen) atoms. The molecule has 1 heterocycles. The Balaban J connectivity index is 2.73. The Morgan fingerprint density at radius 1 is 1.19 bits per heavy atom. The largest absolute Gasteiger partial charge is 0.419 e. The molecule has 146 valence electrons. The van der Waals surface area contributed by atoms with Crippen molar-refractivity contribution in [2.24, 2.45) is 0 Å². The molecule has 1 unspecified atom stereocenters. The molecule has 1 aromatic carbocycles. The van der Waals surface area contributed by atoms with Gasteiger partial charge in [0.1, 0.15) is 18.2 Å². The molecule has 0 aliphatic carbocycles. The molecule has 1 aliphatic heterocycles. The van der Waals surface area contributed by atoms with Gasteiger partial charge >= 0.3 is 6.18 Å². The van der Waals surface area contributed by atoms with Crippen molar-refractivity contribution in [1.29, 1.82) is 0 Å². The van der Waals surface area contributed by atoms with E-state index in [4.69, 9.17) is 0 Å². The summed E-state index contributed by atoms with van der Waals surface area (Å²) in [7, 11) is 0. The van der Waals surface area contributed by atoms with Crippen molar-refractivity contribution in [1.82, 2.24) is 5.32 Å². The molecule has 1 atom stereocenters. The summed E-state index contributed by atoms with van der Waals surface area (Å²) < 4.78 is 53.1. The van der Waals surface area contributed by atoms with Crippen LogP contribution in [-0.2, 0) is 15.8 Å². The van der Waals surface area contributed by atoms with Crippen LogP contribution in [-0.4, -0.2) is 23.3 Å². The summed E-state index contributed by atoms with van der Waals surface area (Å²) in [6.07, 6.45) is -5.01. The normalized spacial score (nSPS) is 17.9. The van der Waals surface area contributed by atoms with Crippen LogP contribution < -0.4 is 5.32 Å². The summed E-state index contributed by atoms with van der Waals surface area (Å²) in [5.41, 5.74) is -0.0747. The molecular formula is C19H19F4NO3. The molecule has 0 saturated carbocycles. The van der Waals surface area contributed by atoms with Crippen LogP contribution in [0.3, 0.4) is 0 Å². The number of allylic oxidation sites excluding steroid dienone is 3. The van der Waals surface area contributed by atoms with E-state index >= 15 is 0 Å². The Hall–Kier alpha value is -2.48. The zero-order valence-corrected chi connectivity index (χ0v) is 15.0. The highest BCUT2D eigenvalue weighted by Gasteiger charge is 2.37. The number of dihydropyridines is 1. The maximum absolute atomic E-state index is 13.7. The summed E-state index contributed by atoms with van der Waals surface area (Å²) in [6.45, 7) is 3.67. The zero-order valence-electron chi connectivity index (χ0n) is 15.0. The van der Waals surface area contributed by atoms with E-state index in [0.717, 1.165) is 6.07 Å². The lowest BCUT2D eigenvalue weighted by atomic mass is 9.77. The second-order valence-corrected chi connectivity index (χ2v) is 6.44. The standard InChI is InChI=1S/C19H19F4NO3/c1-9(26)6-13-10(2)24-11(3)17(16(27)8-25)18(13)12-4-5-15(20)14(7-12)19(21,22)23/h4-5,7,18,24-25H,6,8H2,1-3H3. The molecule has 0 amide bonds. The van der Waals surface area contributed by atoms with Crippen LogP contribution >= 0.6 is 0 Å². The first kappa shape index (κ1) is 20.8. The van der Waals surface area contributed by atoms with Gasteiger partial charge in [0.05, 0.1) is 5.56 Å². The van der Waals surface area contributed by atoms with Crippen LogP contribution in [0.1, 0.15) is 44.2 Å². The average Bonchev–Trinajstić information content (AvgIpc) is 2.55. The molecule has 1 aliphatic rings. The van der Waals surface area contributed by atoms with Gasteiger partial charge in [0.2, 0.25) is 0 Å². The highest BCUT2D eigenvalue weighted by molar-refractivity contribution is 5.99. The average molecular weight is 385 g/mol. The summed E-state index contributed by atoms with van der Waals surface area (Å²) in [4.78, 5) is 24.0.